The molecule has 0 radical (unpaired) electrons. The van der Waals surface area contributed by atoms with Gasteiger partial charge in [0.05, 0.1) is 19.9 Å². The molecule has 0 amide bonds. The Balaban J connectivity index is 2.04. The molecule has 0 saturated carbocycles. The molecule has 1 atom stereocenters. The van der Waals surface area contributed by atoms with Gasteiger partial charge in [0.25, 0.3) is 5.56 Å². The second-order valence-corrected chi connectivity index (χ2v) is 7.15. The van der Waals surface area contributed by atoms with Gasteiger partial charge in [-0.05, 0) is 18.1 Å². The van der Waals surface area contributed by atoms with Crippen molar-refractivity contribution in [2.24, 2.45) is 20.0 Å². The number of aryl methyl sites for hydroxylation is 1. The van der Waals surface area contributed by atoms with Gasteiger partial charge in [0.15, 0.2) is 11.2 Å². The lowest BCUT2D eigenvalue weighted by molar-refractivity contribution is 0.399. The quantitative estimate of drug-likeness (QED) is 0.675. The second-order valence-electron chi connectivity index (χ2n) is 7.15. The number of methoxy groups -OCH3 is 2. The molecule has 1 aliphatic heterocycles. The molecular weight excluding hydrogens is 362 g/mol. The first kappa shape index (κ1) is 18.1. The van der Waals surface area contributed by atoms with Crippen LogP contribution < -0.4 is 25.6 Å². The van der Waals surface area contributed by atoms with E-state index < -0.39 is 5.69 Å². The highest BCUT2D eigenvalue weighted by molar-refractivity contribution is 5.78. The Morgan fingerprint density at radius 2 is 1.82 bits per heavy atom. The standard InChI is InChI=1S/C19H23N5O4/c1-11-9-23(13-8-12(27-4)6-7-14(13)28-5)18-20-16-15(24(18)10-11)17(25)22(3)19(26)21(16)2/h6-8,11H,9-10H2,1-5H3. The molecule has 1 unspecified atom stereocenters. The SMILES string of the molecule is COc1ccc(OC)c(N2CC(C)Cn3c2nc2c3c(=O)n(C)c(=O)n2C)c1. The molecule has 9 nitrogen and oxygen atoms in total. The van der Waals surface area contributed by atoms with Gasteiger partial charge in [-0.2, -0.15) is 4.98 Å². The van der Waals surface area contributed by atoms with Crippen molar-refractivity contribution >= 4 is 22.8 Å². The average molecular weight is 385 g/mol. The molecule has 0 spiro atoms. The predicted molar refractivity (Wildman–Crippen MR) is 106 cm³/mol. The van der Waals surface area contributed by atoms with Crippen molar-refractivity contribution < 1.29 is 9.47 Å². The van der Waals surface area contributed by atoms with Crippen molar-refractivity contribution in [3.8, 4) is 11.5 Å². The highest BCUT2D eigenvalue weighted by atomic mass is 16.5. The molecule has 0 N–H and O–H groups in total. The predicted octanol–water partition coefficient (Wildman–Crippen LogP) is 1.24. The summed E-state index contributed by atoms with van der Waals surface area (Å²) in [6.07, 6.45) is 0. The molecule has 9 heteroatoms. The molecule has 1 aliphatic rings. The number of fused-ring (bicyclic) bond motifs is 3. The fraction of sp³-hybridized carbons (Fsp3) is 0.421. The summed E-state index contributed by atoms with van der Waals surface area (Å²) >= 11 is 0. The number of nitrogens with zero attached hydrogens (tertiary/aromatic N) is 5. The van der Waals surface area contributed by atoms with Gasteiger partial charge in [0.2, 0.25) is 5.95 Å². The minimum atomic E-state index is -0.397. The van der Waals surface area contributed by atoms with E-state index in [9.17, 15) is 9.59 Å². The van der Waals surface area contributed by atoms with Crippen LogP contribution in [0.25, 0.3) is 11.2 Å². The normalized spacial score (nSPS) is 16.3. The lowest BCUT2D eigenvalue weighted by Crippen LogP contribution is -2.38. The summed E-state index contributed by atoms with van der Waals surface area (Å²) in [6, 6.07) is 5.56. The topological polar surface area (TPSA) is 83.5 Å². The molecule has 0 fully saturated rings. The van der Waals surface area contributed by atoms with Crippen LogP contribution in [-0.2, 0) is 20.6 Å². The summed E-state index contributed by atoms with van der Waals surface area (Å²) in [5.74, 6) is 2.23. The van der Waals surface area contributed by atoms with Gasteiger partial charge in [0, 0.05) is 33.3 Å². The van der Waals surface area contributed by atoms with E-state index >= 15 is 0 Å². The van der Waals surface area contributed by atoms with Crippen molar-refractivity contribution in [2.45, 2.75) is 13.5 Å². The first-order valence-electron chi connectivity index (χ1n) is 9.03. The molecule has 0 bridgehead atoms. The maximum absolute atomic E-state index is 12.8. The summed E-state index contributed by atoms with van der Waals surface area (Å²) in [7, 11) is 6.34. The van der Waals surface area contributed by atoms with E-state index in [1.54, 1.807) is 21.3 Å². The minimum Gasteiger partial charge on any atom is -0.497 e. The molecular formula is C19H23N5O4. The number of ether oxygens (including phenoxy) is 2. The lowest BCUT2D eigenvalue weighted by Gasteiger charge is -2.33. The molecule has 28 heavy (non-hydrogen) atoms. The zero-order valence-electron chi connectivity index (χ0n) is 16.6. The van der Waals surface area contributed by atoms with E-state index in [4.69, 9.17) is 9.47 Å². The van der Waals surface area contributed by atoms with E-state index in [2.05, 4.69) is 11.9 Å². The van der Waals surface area contributed by atoms with Crippen LogP contribution in [0.15, 0.2) is 27.8 Å². The van der Waals surface area contributed by atoms with Gasteiger partial charge in [0.1, 0.15) is 11.5 Å². The second kappa shape index (κ2) is 6.43. The Kier molecular flexibility index (Phi) is 4.17. The van der Waals surface area contributed by atoms with E-state index in [-0.39, 0.29) is 11.5 Å². The number of benzene rings is 1. The third-order valence-electron chi connectivity index (χ3n) is 5.23. The van der Waals surface area contributed by atoms with Crippen LogP contribution in [0.5, 0.6) is 11.5 Å². The first-order valence-corrected chi connectivity index (χ1v) is 9.03. The summed E-state index contributed by atoms with van der Waals surface area (Å²) in [5.41, 5.74) is 0.865. The van der Waals surface area contributed by atoms with Crippen molar-refractivity contribution in [1.29, 1.82) is 0 Å². The Bertz CT molecular complexity index is 1190. The summed E-state index contributed by atoms with van der Waals surface area (Å²) in [4.78, 5) is 31.9. The van der Waals surface area contributed by atoms with Crippen LogP contribution in [0, 0.1) is 5.92 Å². The maximum Gasteiger partial charge on any atom is 0.332 e. The van der Waals surface area contributed by atoms with Crippen LogP contribution in [0.3, 0.4) is 0 Å². The van der Waals surface area contributed by atoms with Gasteiger partial charge in [-0.15, -0.1) is 0 Å². The Morgan fingerprint density at radius 1 is 1.07 bits per heavy atom. The van der Waals surface area contributed by atoms with Crippen LogP contribution in [0.1, 0.15) is 6.92 Å². The van der Waals surface area contributed by atoms with Gasteiger partial charge in [-0.1, -0.05) is 6.92 Å². The molecule has 3 heterocycles. The van der Waals surface area contributed by atoms with Crippen LogP contribution >= 0.6 is 0 Å². The fourth-order valence-electron chi connectivity index (χ4n) is 3.79. The van der Waals surface area contributed by atoms with Crippen LogP contribution in [-0.4, -0.2) is 39.4 Å². The van der Waals surface area contributed by atoms with Crippen LogP contribution in [0.2, 0.25) is 0 Å². The van der Waals surface area contributed by atoms with E-state index in [0.717, 1.165) is 10.3 Å². The third kappa shape index (κ3) is 2.49. The number of anilines is 2. The minimum absolute atomic E-state index is 0.253. The smallest absolute Gasteiger partial charge is 0.332 e. The summed E-state index contributed by atoms with van der Waals surface area (Å²) in [5, 5.41) is 0. The molecule has 4 rings (SSSR count). The highest BCUT2D eigenvalue weighted by Gasteiger charge is 2.31. The molecule has 3 aromatic rings. The molecule has 0 aliphatic carbocycles. The zero-order valence-corrected chi connectivity index (χ0v) is 16.6. The number of hydrogen-bond donors (Lipinski definition) is 0. The van der Waals surface area contributed by atoms with Crippen molar-refractivity contribution in [3.63, 3.8) is 0 Å². The van der Waals surface area contributed by atoms with E-state index in [1.165, 1.54) is 11.6 Å². The average Bonchev–Trinajstić information content (AvgIpc) is 3.08. The molecule has 0 saturated heterocycles. The number of rotatable bonds is 3. The van der Waals surface area contributed by atoms with Crippen molar-refractivity contribution in [1.82, 2.24) is 18.7 Å². The van der Waals surface area contributed by atoms with Gasteiger partial charge < -0.3 is 18.9 Å². The summed E-state index contributed by atoms with van der Waals surface area (Å²) in [6.45, 7) is 3.45. The van der Waals surface area contributed by atoms with Crippen LogP contribution in [0.4, 0.5) is 11.6 Å². The third-order valence-corrected chi connectivity index (χ3v) is 5.23. The Hall–Kier alpha value is -3.23. The number of hydrogen-bond acceptors (Lipinski definition) is 6. The van der Waals surface area contributed by atoms with Crippen molar-refractivity contribution in [2.75, 3.05) is 25.7 Å². The molecule has 148 valence electrons. The number of imidazole rings is 1. The van der Waals surface area contributed by atoms with Crippen molar-refractivity contribution in [3.05, 3.63) is 39.0 Å². The zero-order chi connectivity index (χ0) is 20.2. The molecule has 2 aromatic heterocycles. The lowest BCUT2D eigenvalue weighted by atomic mass is 10.1. The number of aromatic nitrogens is 4. The van der Waals surface area contributed by atoms with E-state index in [1.807, 2.05) is 27.7 Å². The Labute approximate surface area is 161 Å². The highest BCUT2D eigenvalue weighted by Crippen LogP contribution is 2.39. The van der Waals surface area contributed by atoms with Gasteiger partial charge in [-0.25, -0.2) is 4.79 Å². The Morgan fingerprint density at radius 3 is 2.50 bits per heavy atom. The van der Waals surface area contributed by atoms with Gasteiger partial charge in [-0.3, -0.25) is 13.9 Å². The molecule has 1 aromatic carbocycles. The van der Waals surface area contributed by atoms with E-state index in [0.29, 0.717) is 41.7 Å². The monoisotopic (exact) mass is 385 g/mol. The first-order chi connectivity index (χ1) is 13.4. The largest absolute Gasteiger partial charge is 0.497 e. The fourth-order valence-corrected chi connectivity index (χ4v) is 3.79. The maximum atomic E-state index is 12.8. The summed E-state index contributed by atoms with van der Waals surface area (Å²) < 4.78 is 15.4. The van der Waals surface area contributed by atoms with Gasteiger partial charge >= 0.3 is 5.69 Å².